The van der Waals surface area contributed by atoms with Crippen molar-refractivity contribution < 1.29 is 32.2 Å². The average Bonchev–Trinajstić information content (AvgIpc) is 2.39. The van der Waals surface area contributed by atoms with Crippen molar-refractivity contribution in [3.05, 3.63) is 41.0 Å². The number of carboxylic acids is 1. The Kier molecular flexibility index (Phi) is 4.98. The number of benzene rings is 1. The summed E-state index contributed by atoms with van der Waals surface area (Å²) >= 11 is 0. The van der Waals surface area contributed by atoms with Gasteiger partial charge in [0.25, 0.3) is 0 Å². The number of hydrogen-bond donors (Lipinski definition) is 1. The zero-order chi connectivity index (χ0) is 16.4. The van der Waals surface area contributed by atoms with E-state index in [9.17, 15) is 22.4 Å². The van der Waals surface area contributed by atoms with Crippen LogP contribution in [-0.2, 0) is 0 Å². The lowest BCUT2D eigenvalue weighted by Gasteiger charge is -2.24. The predicted molar refractivity (Wildman–Crippen MR) is 67.4 cm³/mol. The Hall–Kier alpha value is -2.05. The number of carboxylic acid groups (broad SMARTS) is 1. The fraction of sp³-hybridized carbons (Fsp3) is 0.357. The number of carbonyl (C=O) groups is 1. The lowest BCUT2D eigenvalue weighted by atomic mass is 10.1. The highest BCUT2D eigenvalue weighted by Crippen LogP contribution is 2.32. The van der Waals surface area contributed by atoms with Crippen LogP contribution in [0.1, 0.15) is 37.6 Å². The average molecular weight is 306 g/mol. The first-order valence-electron chi connectivity index (χ1n) is 6.08. The van der Waals surface area contributed by atoms with E-state index in [2.05, 4.69) is 0 Å². The van der Waals surface area contributed by atoms with Crippen molar-refractivity contribution >= 4 is 5.97 Å². The molecule has 0 unspecified atom stereocenters. The molecular weight excluding hydrogens is 292 g/mol. The third-order valence-corrected chi connectivity index (χ3v) is 2.56. The van der Waals surface area contributed by atoms with Gasteiger partial charge in [-0.3, -0.25) is 0 Å². The monoisotopic (exact) mass is 306 g/mol. The summed E-state index contributed by atoms with van der Waals surface area (Å²) in [5, 5.41) is 8.57. The van der Waals surface area contributed by atoms with E-state index in [4.69, 9.17) is 9.84 Å². The maximum atomic E-state index is 13.7. The molecule has 21 heavy (non-hydrogen) atoms. The van der Waals surface area contributed by atoms with Crippen LogP contribution in [0.4, 0.5) is 17.6 Å². The molecule has 0 spiro atoms. The maximum Gasteiger partial charge on any atom is 0.341 e. The number of ether oxygens (including phenoxy) is 1. The number of allylic oxidation sites excluding steroid dienone is 1. The first-order valence-corrected chi connectivity index (χ1v) is 6.08. The molecular formula is C14H14F4O3. The lowest BCUT2D eigenvalue weighted by Crippen LogP contribution is -2.27. The van der Waals surface area contributed by atoms with Crippen molar-refractivity contribution in [2.75, 3.05) is 0 Å². The molecule has 0 saturated carbocycles. The summed E-state index contributed by atoms with van der Waals surface area (Å²) in [6.07, 6.45) is 3.74. The summed E-state index contributed by atoms with van der Waals surface area (Å²) < 4.78 is 59.4. The fourth-order valence-corrected chi connectivity index (χ4v) is 1.59. The van der Waals surface area contributed by atoms with Gasteiger partial charge in [0.2, 0.25) is 11.6 Å². The van der Waals surface area contributed by atoms with Crippen molar-refractivity contribution in [2.45, 2.75) is 32.8 Å². The number of hydrogen-bond acceptors (Lipinski definition) is 2. The second-order valence-corrected chi connectivity index (χ2v) is 4.78. The predicted octanol–water partition coefficient (Wildman–Crippen LogP) is 4.06. The summed E-state index contributed by atoms with van der Waals surface area (Å²) in [6.45, 7) is 4.67. The van der Waals surface area contributed by atoms with Crippen LogP contribution in [-0.4, -0.2) is 16.7 Å². The van der Waals surface area contributed by atoms with Gasteiger partial charge in [-0.15, -0.1) is 0 Å². The molecule has 0 radical (unpaired) electrons. The van der Waals surface area contributed by atoms with E-state index in [1.165, 1.54) is 19.9 Å². The zero-order valence-corrected chi connectivity index (χ0v) is 11.6. The minimum Gasteiger partial charge on any atom is -0.477 e. The van der Waals surface area contributed by atoms with Crippen molar-refractivity contribution in [3.8, 4) is 5.75 Å². The second-order valence-electron chi connectivity index (χ2n) is 4.78. The summed E-state index contributed by atoms with van der Waals surface area (Å²) in [4.78, 5) is 10.6. The van der Waals surface area contributed by atoms with E-state index in [0.717, 1.165) is 0 Å². The lowest BCUT2D eigenvalue weighted by molar-refractivity contribution is 0.0681. The maximum absolute atomic E-state index is 13.7. The highest BCUT2D eigenvalue weighted by Gasteiger charge is 2.32. The van der Waals surface area contributed by atoms with Crippen LogP contribution in [0.15, 0.2) is 12.2 Å². The van der Waals surface area contributed by atoms with E-state index in [1.54, 1.807) is 6.08 Å². The molecule has 0 aliphatic carbocycles. The Morgan fingerprint density at radius 3 is 2.00 bits per heavy atom. The Morgan fingerprint density at radius 1 is 1.14 bits per heavy atom. The molecule has 0 atom stereocenters. The van der Waals surface area contributed by atoms with Gasteiger partial charge in [-0.25, -0.2) is 13.6 Å². The molecule has 1 aromatic rings. The van der Waals surface area contributed by atoms with Crippen molar-refractivity contribution in [2.24, 2.45) is 0 Å². The Morgan fingerprint density at radius 2 is 1.62 bits per heavy atom. The molecule has 0 fully saturated rings. The van der Waals surface area contributed by atoms with Crippen LogP contribution in [0.5, 0.6) is 5.75 Å². The summed E-state index contributed by atoms with van der Waals surface area (Å²) in [6, 6.07) is 0. The summed E-state index contributed by atoms with van der Waals surface area (Å²) in [5.74, 6) is -11.2. The Labute approximate surface area is 118 Å². The summed E-state index contributed by atoms with van der Waals surface area (Å²) in [5.41, 5.74) is -2.93. The van der Waals surface area contributed by atoms with Crippen LogP contribution in [0.2, 0.25) is 0 Å². The smallest absolute Gasteiger partial charge is 0.341 e. The molecule has 116 valence electrons. The molecule has 3 nitrogen and oxygen atoms in total. The molecule has 0 amide bonds. The van der Waals surface area contributed by atoms with Gasteiger partial charge < -0.3 is 9.84 Å². The van der Waals surface area contributed by atoms with Gasteiger partial charge in [0.05, 0.1) is 0 Å². The van der Waals surface area contributed by atoms with Crippen molar-refractivity contribution in [1.29, 1.82) is 0 Å². The van der Waals surface area contributed by atoms with Crippen molar-refractivity contribution in [3.63, 3.8) is 0 Å². The van der Waals surface area contributed by atoms with Gasteiger partial charge >= 0.3 is 5.97 Å². The SMILES string of the molecule is CC/C=C\C(C)(C)Oc1c(F)c(F)c(C(=O)O)c(F)c1F. The van der Waals surface area contributed by atoms with Gasteiger partial charge in [-0.2, -0.15) is 8.78 Å². The standard InChI is InChI=1S/C14H14F4O3/c1-4-5-6-14(2,3)21-12-10(17)8(15)7(13(19)20)9(16)11(12)18/h5-6H,4H2,1-3H3,(H,19,20)/b6-5-. The topological polar surface area (TPSA) is 46.5 Å². The van der Waals surface area contributed by atoms with Crippen LogP contribution in [0.25, 0.3) is 0 Å². The van der Waals surface area contributed by atoms with Gasteiger partial charge in [-0.1, -0.05) is 13.0 Å². The van der Waals surface area contributed by atoms with E-state index >= 15 is 0 Å². The van der Waals surface area contributed by atoms with Gasteiger partial charge in [0.1, 0.15) is 11.2 Å². The van der Waals surface area contributed by atoms with Gasteiger partial charge in [0, 0.05) is 0 Å². The largest absolute Gasteiger partial charge is 0.477 e. The van der Waals surface area contributed by atoms with Gasteiger partial charge in [-0.05, 0) is 26.3 Å². The highest BCUT2D eigenvalue weighted by molar-refractivity contribution is 5.88. The van der Waals surface area contributed by atoms with Crippen LogP contribution in [0.3, 0.4) is 0 Å². The summed E-state index contributed by atoms with van der Waals surface area (Å²) in [7, 11) is 0. The minimum atomic E-state index is -2.11. The van der Waals surface area contributed by atoms with Gasteiger partial charge in [0.15, 0.2) is 17.4 Å². The molecule has 1 rings (SSSR count). The second kappa shape index (κ2) is 6.15. The van der Waals surface area contributed by atoms with E-state index in [1.807, 2.05) is 6.92 Å². The van der Waals surface area contributed by atoms with E-state index in [-0.39, 0.29) is 0 Å². The number of halogens is 4. The van der Waals surface area contributed by atoms with E-state index in [0.29, 0.717) is 6.42 Å². The molecule has 7 heteroatoms. The van der Waals surface area contributed by atoms with Crippen LogP contribution >= 0.6 is 0 Å². The highest BCUT2D eigenvalue weighted by atomic mass is 19.2. The Balaban J connectivity index is 3.40. The molecule has 0 aromatic heterocycles. The van der Waals surface area contributed by atoms with Crippen molar-refractivity contribution in [1.82, 2.24) is 0 Å². The fourth-order valence-electron chi connectivity index (χ4n) is 1.59. The molecule has 0 aliphatic heterocycles. The molecule has 0 heterocycles. The zero-order valence-electron chi connectivity index (χ0n) is 11.6. The molecule has 0 aliphatic rings. The minimum absolute atomic E-state index is 0.623. The number of aromatic carboxylic acids is 1. The number of rotatable bonds is 5. The van der Waals surface area contributed by atoms with E-state index < -0.39 is 46.2 Å². The molecule has 1 N–H and O–H groups in total. The molecule has 0 bridgehead atoms. The molecule has 1 aromatic carbocycles. The van der Waals surface area contributed by atoms with Crippen LogP contribution in [0, 0.1) is 23.3 Å². The molecule has 0 saturated heterocycles. The first-order chi connectivity index (χ1) is 9.62. The third-order valence-electron chi connectivity index (χ3n) is 2.56. The quantitative estimate of drug-likeness (QED) is 0.507. The Bertz CT molecular complexity index is 565. The first kappa shape index (κ1) is 17.0. The van der Waals surface area contributed by atoms with Crippen LogP contribution < -0.4 is 4.74 Å². The third kappa shape index (κ3) is 3.53. The normalized spacial score (nSPS) is 12.0.